The van der Waals surface area contributed by atoms with Crippen LogP contribution < -0.4 is 0 Å². The molecule has 0 saturated heterocycles. The maximum absolute atomic E-state index is 12.2. The topological polar surface area (TPSA) is 143 Å². The van der Waals surface area contributed by atoms with E-state index in [-0.39, 0.29) is 24.5 Å². The first-order valence-corrected chi connectivity index (χ1v) is 14.6. The third kappa shape index (κ3) is 6.61. The lowest BCUT2D eigenvalue weighted by molar-refractivity contribution is 0.0848. The van der Waals surface area contributed by atoms with Gasteiger partial charge < -0.3 is 19.6 Å². The number of nitrogens with zero attached hydrogens (tertiary/aromatic N) is 1. The van der Waals surface area contributed by atoms with Gasteiger partial charge in [-0.25, -0.2) is 13.4 Å². The third-order valence-electron chi connectivity index (χ3n) is 6.08. The van der Waals surface area contributed by atoms with Crippen molar-refractivity contribution in [1.82, 2.24) is 4.90 Å². The second kappa shape index (κ2) is 8.93. The molecule has 0 amide bonds. The summed E-state index contributed by atoms with van der Waals surface area (Å²) in [6, 6.07) is 0.128. The molecule has 10 nitrogen and oxygen atoms in total. The van der Waals surface area contributed by atoms with Crippen molar-refractivity contribution < 1.29 is 41.5 Å². The van der Waals surface area contributed by atoms with Gasteiger partial charge >= 0.3 is 23.2 Å². The SMILES string of the molecule is C=C1CCC(C)=CN1C1CC(C)(COP(=O)(O)OP(=O)(O)OP(C)(=O)O)C(C)C1C. The van der Waals surface area contributed by atoms with E-state index in [1.807, 2.05) is 13.8 Å². The number of phosphoric ester groups is 1. The van der Waals surface area contributed by atoms with E-state index in [4.69, 9.17) is 9.42 Å². The quantitative estimate of drug-likeness (QED) is 0.415. The van der Waals surface area contributed by atoms with Gasteiger partial charge in [-0.15, -0.1) is 0 Å². The fourth-order valence-corrected chi connectivity index (χ4v) is 7.75. The Kier molecular flexibility index (Phi) is 7.74. The zero-order chi connectivity index (χ0) is 23.1. The molecule has 0 spiro atoms. The minimum absolute atomic E-state index is 0.0939. The summed E-state index contributed by atoms with van der Waals surface area (Å²) in [5.41, 5.74) is 1.76. The molecule has 1 aliphatic carbocycles. The molecule has 2 aliphatic rings. The zero-order valence-corrected chi connectivity index (χ0v) is 20.6. The van der Waals surface area contributed by atoms with Crippen molar-refractivity contribution in [2.75, 3.05) is 13.3 Å². The number of phosphoric acid groups is 2. The maximum Gasteiger partial charge on any atom is 0.488 e. The first kappa shape index (κ1) is 26.0. The van der Waals surface area contributed by atoms with Crippen LogP contribution in [0.15, 0.2) is 24.0 Å². The lowest BCUT2D eigenvalue weighted by Gasteiger charge is -2.36. The van der Waals surface area contributed by atoms with E-state index in [1.165, 1.54) is 5.57 Å². The summed E-state index contributed by atoms with van der Waals surface area (Å²) in [5.74, 6) is 0.320. The van der Waals surface area contributed by atoms with E-state index in [1.54, 1.807) is 0 Å². The number of rotatable bonds is 8. The van der Waals surface area contributed by atoms with Crippen LogP contribution in [-0.2, 0) is 26.8 Å². The lowest BCUT2D eigenvalue weighted by Crippen LogP contribution is -2.34. The van der Waals surface area contributed by atoms with E-state index >= 15 is 0 Å². The van der Waals surface area contributed by atoms with Crippen LogP contribution in [0.4, 0.5) is 0 Å². The summed E-state index contributed by atoms with van der Waals surface area (Å²) < 4.78 is 48.2. The Bertz CT molecular complexity index is 853. The Balaban J connectivity index is 2.09. The number of allylic oxidation sites excluding steroid dienone is 2. The van der Waals surface area contributed by atoms with Crippen LogP contribution in [0.3, 0.4) is 0 Å². The lowest BCUT2D eigenvalue weighted by atomic mass is 9.79. The van der Waals surface area contributed by atoms with Crippen LogP contribution in [0.5, 0.6) is 0 Å². The van der Waals surface area contributed by atoms with Crippen LogP contribution in [0.2, 0.25) is 0 Å². The Hall–Kier alpha value is -0.270. The third-order valence-corrected chi connectivity index (χ3v) is 10.2. The molecule has 3 N–H and O–H groups in total. The summed E-state index contributed by atoms with van der Waals surface area (Å²) in [6.07, 6.45) is 4.60. The average molecular weight is 487 g/mol. The highest BCUT2D eigenvalue weighted by Gasteiger charge is 2.50. The van der Waals surface area contributed by atoms with Crippen LogP contribution in [-0.4, -0.2) is 38.9 Å². The monoisotopic (exact) mass is 487 g/mol. The number of hydrogen-bond donors (Lipinski definition) is 3. The van der Waals surface area contributed by atoms with Crippen molar-refractivity contribution >= 4 is 23.2 Å². The second-order valence-corrected chi connectivity index (χ2v) is 13.7. The molecule has 7 atom stereocenters. The van der Waals surface area contributed by atoms with Crippen molar-refractivity contribution in [3.63, 3.8) is 0 Å². The van der Waals surface area contributed by atoms with E-state index in [2.05, 4.69) is 40.1 Å². The van der Waals surface area contributed by atoms with Gasteiger partial charge in [-0.3, -0.25) is 9.09 Å². The molecule has 13 heteroatoms. The van der Waals surface area contributed by atoms with Crippen molar-refractivity contribution in [3.05, 3.63) is 24.0 Å². The summed E-state index contributed by atoms with van der Waals surface area (Å²) in [6.45, 7) is 12.7. The van der Waals surface area contributed by atoms with Crippen LogP contribution in [0.25, 0.3) is 0 Å². The summed E-state index contributed by atoms with van der Waals surface area (Å²) in [4.78, 5) is 30.5. The Morgan fingerprint density at radius 2 is 1.77 bits per heavy atom. The van der Waals surface area contributed by atoms with Crippen molar-refractivity contribution in [2.45, 2.75) is 53.0 Å². The van der Waals surface area contributed by atoms with Gasteiger partial charge in [0, 0.05) is 24.6 Å². The minimum atomic E-state index is -5.27. The molecule has 1 aliphatic heterocycles. The highest BCUT2D eigenvalue weighted by atomic mass is 31.3. The summed E-state index contributed by atoms with van der Waals surface area (Å²) in [7, 11) is -14.7. The van der Waals surface area contributed by atoms with Gasteiger partial charge in [0.25, 0.3) is 0 Å². The van der Waals surface area contributed by atoms with Gasteiger partial charge in [0.2, 0.25) is 0 Å². The average Bonchev–Trinajstić information content (AvgIpc) is 2.77. The Labute approximate surface area is 177 Å². The molecule has 0 bridgehead atoms. The molecule has 7 unspecified atom stereocenters. The largest absolute Gasteiger partial charge is 0.488 e. The van der Waals surface area contributed by atoms with Crippen LogP contribution in [0, 0.1) is 17.3 Å². The predicted octanol–water partition coefficient (Wildman–Crippen LogP) is 4.62. The normalized spacial score (nSPS) is 36.0. The second-order valence-electron chi connectivity index (χ2n) is 8.70. The number of hydrogen-bond acceptors (Lipinski definition) is 7. The molecule has 1 fully saturated rings. The minimum Gasteiger partial charge on any atom is -0.349 e. The van der Waals surface area contributed by atoms with Gasteiger partial charge in [-0.1, -0.05) is 32.9 Å². The fraction of sp³-hybridized carbons (Fsp3) is 0.765. The molecule has 0 aromatic heterocycles. The van der Waals surface area contributed by atoms with Gasteiger partial charge in [0.1, 0.15) is 0 Å². The maximum atomic E-state index is 12.2. The molecular formula is C17H32NO9P3. The molecule has 0 aromatic rings. The van der Waals surface area contributed by atoms with Crippen molar-refractivity contribution in [3.8, 4) is 0 Å². The standard InChI is InChI=1S/C17H32NO9P3/c1-12-7-8-13(2)18(10-12)16-9-17(5,15(4)14(16)3)11-25-29(21,22)27-30(23,24)26-28(6,19)20/h10,14-16H,2,7-9,11H2,1,3-6H3,(H,19,20)(H,21,22)(H,23,24). The molecule has 0 aromatic carbocycles. The fourth-order valence-electron chi connectivity index (χ4n) is 4.14. The molecule has 2 rings (SSSR count). The summed E-state index contributed by atoms with van der Waals surface area (Å²) >= 11 is 0. The van der Waals surface area contributed by atoms with Gasteiger partial charge in [-0.05, 0) is 43.4 Å². The van der Waals surface area contributed by atoms with Gasteiger partial charge in [0.15, 0.2) is 0 Å². The van der Waals surface area contributed by atoms with Crippen LogP contribution in [0.1, 0.15) is 47.0 Å². The summed E-state index contributed by atoms with van der Waals surface area (Å²) in [5, 5.41) is 0. The van der Waals surface area contributed by atoms with E-state index < -0.39 is 28.7 Å². The van der Waals surface area contributed by atoms with Crippen LogP contribution >= 0.6 is 23.2 Å². The molecule has 0 radical (unpaired) electrons. The molecule has 1 heterocycles. The van der Waals surface area contributed by atoms with Crippen molar-refractivity contribution in [2.24, 2.45) is 17.3 Å². The molecule has 30 heavy (non-hydrogen) atoms. The Morgan fingerprint density at radius 1 is 1.17 bits per heavy atom. The molecule has 174 valence electrons. The highest BCUT2D eigenvalue weighted by molar-refractivity contribution is 7.68. The van der Waals surface area contributed by atoms with E-state index in [9.17, 15) is 23.5 Å². The highest BCUT2D eigenvalue weighted by Crippen LogP contribution is 2.67. The van der Waals surface area contributed by atoms with E-state index in [0.29, 0.717) is 13.1 Å². The molecule has 1 saturated carbocycles. The van der Waals surface area contributed by atoms with Crippen molar-refractivity contribution in [1.29, 1.82) is 0 Å². The van der Waals surface area contributed by atoms with E-state index in [0.717, 1.165) is 18.5 Å². The Morgan fingerprint density at radius 3 is 2.33 bits per heavy atom. The first-order chi connectivity index (χ1) is 13.4. The molecular weight excluding hydrogens is 455 g/mol. The predicted molar refractivity (Wildman–Crippen MR) is 112 cm³/mol. The van der Waals surface area contributed by atoms with Gasteiger partial charge in [0.05, 0.1) is 6.61 Å². The smallest absolute Gasteiger partial charge is 0.349 e. The zero-order valence-electron chi connectivity index (χ0n) is 17.9. The van der Waals surface area contributed by atoms with Gasteiger partial charge in [-0.2, -0.15) is 4.31 Å². The first-order valence-electron chi connectivity index (χ1n) is 9.61.